The van der Waals surface area contributed by atoms with E-state index >= 15 is 0 Å². The van der Waals surface area contributed by atoms with Crippen molar-refractivity contribution in [3.8, 4) is 0 Å². The van der Waals surface area contributed by atoms with Crippen LogP contribution in [0.3, 0.4) is 0 Å². The van der Waals surface area contributed by atoms with Crippen LogP contribution in [0.15, 0.2) is 40.9 Å². The second-order valence-electron chi connectivity index (χ2n) is 4.49. The Labute approximate surface area is 128 Å². The van der Waals surface area contributed by atoms with Gasteiger partial charge in [0.1, 0.15) is 17.5 Å². The minimum Gasteiger partial charge on any atom is -0.345 e. The summed E-state index contributed by atoms with van der Waals surface area (Å²) in [5.41, 5.74) is -0.0187. The monoisotopic (exact) mass is 357 g/mol. The number of hydrogen-bond donors (Lipinski definition) is 1. The summed E-state index contributed by atoms with van der Waals surface area (Å²) in [4.78, 5) is 12.0. The van der Waals surface area contributed by atoms with E-state index in [-0.39, 0.29) is 11.1 Å². The number of carbonyl (C=O) groups excluding carboxylic acids is 1. The van der Waals surface area contributed by atoms with E-state index in [2.05, 4.69) is 21.2 Å². The van der Waals surface area contributed by atoms with Gasteiger partial charge in [-0.15, -0.1) is 0 Å². The summed E-state index contributed by atoms with van der Waals surface area (Å²) in [6.07, 6.45) is 0. The van der Waals surface area contributed by atoms with E-state index in [1.807, 2.05) is 0 Å². The Kier molecular flexibility index (Phi) is 4.67. The van der Waals surface area contributed by atoms with Crippen LogP contribution in [0.2, 0.25) is 0 Å². The molecule has 1 N–H and O–H groups in total. The van der Waals surface area contributed by atoms with E-state index in [1.165, 1.54) is 25.1 Å². The fraction of sp³-hybridized carbons (Fsp3) is 0.133. The predicted molar refractivity (Wildman–Crippen MR) is 76.3 cm³/mol. The van der Waals surface area contributed by atoms with Crippen molar-refractivity contribution >= 4 is 21.8 Å². The van der Waals surface area contributed by atoms with E-state index in [0.717, 1.165) is 18.2 Å². The van der Waals surface area contributed by atoms with Crippen LogP contribution in [0.5, 0.6) is 0 Å². The van der Waals surface area contributed by atoms with Gasteiger partial charge in [0.15, 0.2) is 0 Å². The van der Waals surface area contributed by atoms with Gasteiger partial charge in [0.25, 0.3) is 5.91 Å². The van der Waals surface area contributed by atoms with E-state index in [1.54, 1.807) is 0 Å². The molecule has 6 heteroatoms. The first-order valence-electron chi connectivity index (χ1n) is 6.09. The van der Waals surface area contributed by atoms with Crippen LogP contribution < -0.4 is 5.32 Å². The molecule has 1 unspecified atom stereocenters. The Morgan fingerprint density at radius 3 is 2.43 bits per heavy atom. The number of amides is 1. The van der Waals surface area contributed by atoms with Gasteiger partial charge in [-0.1, -0.05) is 22.0 Å². The summed E-state index contributed by atoms with van der Waals surface area (Å²) in [6.45, 7) is 1.53. The van der Waals surface area contributed by atoms with Gasteiger partial charge >= 0.3 is 0 Å². The SMILES string of the molecule is CC(NC(=O)c1ccc(Br)cc1F)c1ccc(F)cc1F. The summed E-state index contributed by atoms with van der Waals surface area (Å²) in [7, 11) is 0. The van der Waals surface area contributed by atoms with Crippen LogP contribution in [0.4, 0.5) is 13.2 Å². The summed E-state index contributed by atoms with van der Waals surface area (Å²) < 4.78 is 40.6. The molecule has 110 valence electrons. The summed E-state index contributed by atoms with van der Waals surface area (Å²) in [5, 5.41) is 2.48. The largest absolute Gasteiger partial charge is 0.345 e. The molecule has 0 saturated heterocycles. The Balaban J connectivity index is 2.18. The third-order valence-corrected chi connectivity index (χ3v) is 3.45. The molecule has 0 heterocycles. The lowest BCUT2D eigenvalue weighted by Gasteiger charge is -2.15. The molecule has 2 rings (SSSR count). The topological polar surface area (TPSA) is 29.1 Å². The van der Waals surface area contributed by atoms with Crippen molar-refractivity contribution in [2.75, 3.05) is 0 Å². The van der Waals surface area contributed by atoms with Crippen LogP contribution in [0, 0.1) is 17.5 Å². The standard InChI is InChI=1S/C15H11BrF3NO/c1-8(11-5-3-10(17)7-14(11)19)20-15(21)12-4-2-9(16)6-13(12)18/h2-8H,1H3,(H,20,21). The molecule has 2 nitrogen and oxygen atoms in total. The second kappa shape index (κ2) is 6.30. The third kappa shape index (κ3) is 3.64. The first-order valence-corrected chi connectivity index (χ1v) is 6.88. The highest BCUT2D eigenvalue weighted by atomic mass is 79.9. The molecular formula is C15H11BrF3NO. The minimum absolute atomic E-state index is 0.127. The fourth-order valence-electron chi connectivity index (χ4n) is 1.88. The molecule has 2 aromatic carbocycles. The number of nitrogens with one attached hydrogen (secondary N) is 1. The lowest BCUT2D eigenvalue weighted by atomic mass is 10.1. The Morgan fingerprint density at radius 2 is 1.81 bits per heavy atom. The molecular weight excluding hydrogens is 347 g/mol. The summed E-state index contributed by atoms with van der Waals surface area (Å²) in [6, 6.07) is 6.37. The fourth-order valence-corrected chi connectivity index (χ4v) is 2.21. The third-order valence-electron chi connectivity index (χ3n) is 2.95. The average Bonchev–Trinajstić information content (AvgIpc) is 2.37. The molecule has 0 fully saturated rings. The minimum atomic E-state index is -0.765. The Hall–Kier alpha value is -1.82. The van der Waals surface area contributed by atoms with Gasteiger partial charge < -0.3 is 5.32 Å². The molecule has 0 saturated carbocycles. The number of hydrogen-bond acceptors (Lipinski definition) is 1. The van der Waals surface area contributed by atoms with Gasteiger partial charge in [0.2, 0.25) is 0 Å². The zero-order valence-electron chi connectivity index (χ0n) is 11.0. The molecule has 0 aromatic heterocycles. The zero-order chi connectivity index (χ0) is 15.6. The first-order chi connectivity index (χ1) is 9.88. The quantitative estimate of drug-likeness (QED) is 0.868. The Morgan fingerprint density at radius 1 is 1.10 bits per heavy atom. The van der Waals surface area contributed by atoms with Gasteiger partial charge in [-0.25, -0.2) is 13.2 Å². The molecule has 1 amide bonds. The average molecular weight is 358 g/mol. The van der Waals surface area contributed by atoms with Gasteiger partial charge in [-0.2, -0.15) is 0 Å². The molecule has 0 aliphatic rings. The van der Waals surface area contributed by atoms with Crippen molar-refractivity contribution in [3.05, 3.63) is 69.4 Å². The van der Waals surface area contributed by atoms with Gasteiger partial charge in [-0.05, 0) is 31.2 Å². The van der Waals surface area contributed by atoms with Gasteiger partial charge in [-0.3, -0.25) is 4.79 Å². The van der Waals surface area contributed by atoms with E-state index in [4.69, 9.17) is 0 Å². The van der Waals surface area contributed by atoms with Crippen LogP contribution >= 0.6 is 15.9 Å². The first kappa shape index (κ1) is 15.6. The number of rotatable bonds is 3. The molecule has 21 heavy (non-hydrogen) atoms. The van der Waals surface area contributed by atoms with Crippen molar-refractivity contribution in [1.29, 1.82) is 0 Å². The smallest absolute Gasteiger partial charge is 0.254 e. The number of benzene rings is 2. The van der Waals surface area contributed by atoms with Gasteiger partial charge in [0, 0.05) is 16.1 Å². The molecule has 0 spiro atoms. The normalized spacial score (nSPS) is 12.0. The molecule has 0 aliphatic carbocycles. The Bertz CT molecular complexity index is 691. The van der Waals surface area contributed by atoms with Crippen molar-refractivity contribution in [1.82, 2.24) is 5.32 Å². The maximum atomic E-state index is 13.7. The van der Waals surface area contributed by atoms with Crippen LogP contribution in [-0.4, -0.2) is 5.91 Å². The maximum Gasteiger partial charge on any atom is 0.254 e. The molecule has 0 bridgehead atoms. The molecule has 1 atom stereocenters. The lowest BCUT2D eigenvalue weighted by Crippen LogP contribution is -2.28. The van der Waals surface area contributed by atoms with Crippen LogP contribution in [0.25, 0.3) is 0 Å². The van der Waals surface area contributed by atoms with Crippen molar-refractivity contribution in [2.45, 2.75) is 13.0 Å². The number of carbonyl (C=O) groups is 1. The summed E-state index contributed by atoms with van der Waals surface area (Å²) in [5.74, 6) is -2.82. The molecule has 0 radical (unpaired) electrons. The summed E-state index contributed by atoms with van der Waals surface area (Å²) >= 11 is 3.09. The van der Waals surface area contributed by atoms with Crippen LogP contribution in [-0.2, 0) is 0 Å². The van der Waals surface area contributed by atoms with Crippen molar-refractivity contribution in [2.24, 2.45) is 0 Å². The second-order valence-corrected chi connectivity index (χ2v) is 5.40. The highest BCUT2D eigenvalue weighted by molar-refractivity contribution is 9.10. The van der Waals surface area contributed by atoms with Crippen molar-refractivity contribution < 1.29 is 18.0 Å². The molecule has 2 aromatic rings. The highest BCUT2D eigenvalue weighted by Crippen LogP contribution is 2.20. The maximum absolute atomic E-state index is 13.7. The van der Waals surface area contributed by atoms with Crippen molar-refractivity contribution in [3.63, 3.8) is 0 Å². The van der Waals surface area contributed by atoms with E-state index in [0.29, 0.717) is 4.47 Å². The molecule has 0 aliphatic heterocycles. The lowest BCUT2D eigenvalue weighted by molar-refractivity contribution is 0.0935. The highest BCUT2D eigenvalue weighted by Gasteiger charge is 2.17. The van der Waals surface area contributed by atoms with Crippen LogP contribution in [0.1, 0.15) is 28.9 Å². The van der Waals surface area contributed by atoms with E-state index < -0.39 is 29.4 Å². The zero-order valence-corrected chi connectivity index (χ0v) is 12.5. The van der Waals surface area contributed by atoms with E-state index in [9.17, 15) is 18.0 Å². The number of halogens is 4. The van der Waals surface area contributed by atoms with Gasteiger partial charge in [0.05, 0.1) is 11.6 Å². The predicted octanol–water partition coefficient (Wildman–Crippen LogP) is 4.36.